The Labute approximate surface area is 184 Å². The topological polar surface area (TPSA) is 120 Å². The fraction of sp³-hybridized carbons (Fsp3) is 0.250. The van der Waals surface area contributed by atoms with E-state index in [1.807, 2.05) is 18.2 Å². The van der Waals surface area contributed by atoms with Crippen LogP contribution in [-0.2, 0) is 20.0 Å². The zero-order valence-electron chi connectivity index (χ0n) is 17.4. The number of carboxylic acid groups (broad SMARTS) is 1. The molecule has 0 saturated heterocycles. The number of aliphatic carboxylic acids is 1. The van der Waals surface area contributed by atoms with Crippen molar-refractivity contribution in [1.82, 2.24) is 9.97 Å². The van der Waals surface area contributed by atoms with Gasteiger partial charge >= 0.3 is 5.97 Å². The maximum Gasteiger partial charge on any atom is 0.314 e. The summed E-state index contributed by atoms with van der Waals surface area (Å²) in [5, 5.41) is 11.5. The quantitative estimate of drug-likeness (QED) is 0.434. The first-order valence-electron chi connectivity index (χ1n) is 10.4. The summed E-state index contributed by atoms with van der Waals surface area (Å²) >= 11 is 0. The van der Waals surface area contributed by atoms with Crippen LogP contribution in [0.5, 0.6) is 0 Å². The molecular weight excluding hydrogens is 428 g/mol. The summed E-state index contributed by atoms with van der Waals surface area (Å²) in [6.07, 6.45) is 5.53. The van der Waals surface area contributed by atoms with Gasteiger partial charge in [-0.3, -0.25) is 9.59 Å². The molecule has 1 aliphatic carbocycles. The molecule has 3 N–H and O–H groups in total. The van der Waals surface area contributed by atoms with Crippen molar-refractivity contribution in [2.24, 2.45) is 0 Å². The second kappa shape index (κ2) is 7.06. The van der Waals surface area contributed by atoms with Gasteiger partial charge in [0.15, 0.2) is 9.84 Å². The van der Waals surface area contributed by atoms with E-state index in [0.717, 1.165) is 29.4 Å². The van der Waals surface area contributed by atoms with Gasteiger partial charge in [-0.2, -0.15) is 0 Å². The van der Waals surface area contributed by atoms with Crippen LogP contribution in [-0.4, -0.2) is 35.7 Å². The number of fused-ring (bicyclic) bond motifs is 3. The highest BCUT2D eigenvalue weighted by molar-refractivity contribution is 7.90. The molecule has 2 heterocycles. The minimum atomic E-state index is -3.36. The normalized spacial score (nSPS) is 16.0. The molecule has 1 fully saturated rings. The molecule has 0 aliphatic heterocycles. The van der Waals surface area contributed by atoms with Crippen LogP contribution in [0, 0.1) is 0 Å². The summed E-state index contributed by atoms with van der Waals surface area (Å²) in [7, 11) is -3.36. The van der Waals surface area contributed by atoms with Gasteiger partial charge in [-0.15, -0.1) is 0 Å². The highest BCUT2D eigenvalue weighted by Crippen LogP contribution is 2.45. The summed E-state index contributed by atoms with van der Waals surface area (Å²) in [6, 6.07) is 12.2. The van der Waals surface area contributed by atoms with Gasteiger partial charge in [-0.05, 0) is 53.8 Å². The Hall–Kier alpha value is -3.39. The molecule has 5 rings (SSSR count). The van der Waals surface area contributed by atoms with Crippen molar-refractivity contribution in [3.63, 3.8) is 0 Å². The highest BCUT2D eigenvalue weighted by atomic mass is 32.2. The molecule has 7 nitrogen and oxygen atoms in total. The lowest BCUT2D eigenvalue weighted by Gasteiger charge is -2.23. The number of aromatic amines is 2. The Balaban J connectivity index is 1.81. The number of nitrogens with one attached hydrogen (secondary N) is 2. The van der Waals surface area contributed by atoms with Crippen LogP contribution in [0.2, 0.25) is 0 Å². The number of pyridine rings is 1. The number of benzene rings is 2. The van der Waals surface area contributed by atoms with Gasteiger partial charge in [0, 0.05) is 28.7 Å². The standard InChI is InChI=1S/C24H22N2O5S/c1-32(30,31)16-6-4-5-14(11-16)15-7-8-19-17(12-15)20-18(13-25-21(20)22(27)26-19)24(23(28)29)9-2-3-10-24/h4-8,11-13,25H,2-3,9-10H2,1H3,(H,26,27)(H,28,29). The van der Waals surface area contributed by atoms with Crippen LogP contribution in [0.4, 0.5) is 0 Å². The minimum absolute atomic E-state index is 0.222. The van der Waals surface area contributed by atoms with Gasteiger partial charge in [0.2, 0.25) is 0 Å². The third-order valence-corrected chi connectivity index (χ3v) is 7.73. The Bertz CT molecular complexity index is 1560. The van der Waals surface area contributed by atoms with Crippen molar-refractivity contribution in [3.8, 4) is 11.1 Å². The fourth-order valence-corrected chi connectivity index (χ4v) is 5.63. The summed E-state index contributed by atoms with van der Waals surface area (Å²) in [4.78, 5) is 31.1. The largest absolute Gasteiger partial charge is 0.481 e. The predicted octanol–water partition coefficient (Wildman–Crippen LogP) is 3.98. The van der Waals surface area contributed by atoms with E-state index < -0.39 is 21.2 Å². The zero-order chi connectivity index (χ0) is 22.7. The van der Waals surface area contributed by atoms with Crippen molar-refractivity contribution in [2.75, 3.05) is 6.26 Å². The third kappa shape index (κ3) is 3.05. The Morgan fingerprint density at radius 2 is 1.78 bits per heavy atom. The van der Waals surface area contributed by atoms with E-state index >= 15 is 0 Å². The van der Waals surface area contributed by atoms with E-state index in [9.17, 15) is 23.1 Å². The lowest BCUT2D eigenvalue weighted by atomic mass is 9.78. The van der Waals surface area contributed by atoms with Crippen molar-refractivity contribution >= 4 is 37.6 Å². The van der Waals surface area contributed by atoms with Crippen molar-refractivity contribution in [1.29, 1.82) is 0 Å². The third-order valence-electron chi connectivity index (χ3n) is 6.62. The fourth-order valence-electron chi connectivity index (χ4n) is 4.97. The Morgan fingerprint density at radius 3 is 2.47 bits per heavy atom. The monoisotopic (exact) mass is 450 g/mol. The van der Waals surface area contributed by atoms with Crippen LogP contribution < -0.4 is 5.56 Å². The van der Waals surface area contributed by atoms with E-state index in [-0.39, 0.29) is 10.5 Å². The summed E-state index contributed by atoms with van der Waals surface area (Å²) in [5.41, 5.74) is 1.76. The number of aromatic nitrogens is 2. The van der Waals surface area contributed by atoms with Gasteiger partial charge in [-0.1, -0.05) is 31.0 Å². The molecule has 2 aromatic carbocycles. The summed E-state index contributed by atoms with van der Waals surface area (Å²) in [5.74, 6) is -0.874. The van der Waals surface area contributed by atoms with Gasteiger partial charge in [0.1, 0.15) is 5.52 Å². The van der Waals surface area contributed by atoms with Crippen LogP contribution in [0.25, 0.3) is 32.9 Å². The molecule has 0 unspecified atom stereocenters. The van der Waals surface area contributed by atoms with Gasteiger partial charge < -0.3 is 15.1 Å². The van der Waals surface area contributed by atoms with E-state index in [2.05, 4.69) is 9.97 Å². The molecule has 32 heavy (non-hydrogen) atoms. The molecule has 0 radical (unpaired) electrons. The first-order chi connectivity index (χ1) is 15.2. The Kier molecular flexibility index (Phi) is 4.53. The van der Waals surface area contributed by atoms with E-state index in [0.29, 0.717) is 34.8 Å². The smallest absolute Gasteiger partial charge is 0.314 e. The van der Waals surface area contributed by atoms with E-state index in [1.54, 1.807) is 30.5 Å². The lowest BCUT2D eigenvalue weighted by Crippen LogP contribution is -2.32. The molecule has 0 spiro atoms. The molecule has 0 atom stereocenters. The minimum Gasteiger partial charge on any atom is -0.481 e. The molecule has 8 heteroatoms. The number of carbonyl (C=O) groups is 1. The van der Waals surface area contributed by atoms with Crippen LogP contribution in [0.3, 0.4) is 0 Å². The van der Waals surface area contributed by atoms with Crippen molar-refractivity contribution < 1.29 is 18.3 Å². The number of hydrogen-bond acceptors (Lipinski definition) is 4. The van der Waals surface area contributed by atoms with Gasteiger partial charge in [0.25, 0.3) is 5.56 Å². The second-order valence-corrected chi connectivity index (χ2v) is 10.6. The molecule has 0 bridgehead atoms. The summed E-state index contributed by atoms with van der Waals surface area (Å²) in [6.45, 7) is 0. The van der Waals surface area contributed by atoms with E-state index in [1.165, 1.54) is 6.26 Å². The molecule has 2 aromatic heterocycles. The highest BCUT2D eigenvalue weighted by Gasteiger charge is 2.44. The molecular formula is C24H22N2O5S. The summed E-state index contributed by atoms with van der Waals surface area (Å²) < 4.78 is 24.0. The number of sulfone groups is 1. The average molecular weight is 451 g/mol. The molecule has 4 aromatic rings. The number of hydrogen-bond donors (Lipinski definition) is 3. The number of carboxylic acids is 1. The number of rotatable bonds is 4. The molecule has 164 valence electrons. The Morgan fingerprint density at radius 1 is 1.06 bits per heavy atom. The maximum atomic E-state index is 12.7. The van der Waals surface area contributed by atoms with Gasteiger partial charge in [-0.25, -0.2) is 8.42 Å². The van der Waals surface area contributed by atoms with Crippen molar-refractivity contribution in [2.45, 2.75) is 36.0 Å². The maximum absolute atomic E-state index is 12.7. The van der Waals surface area contributed by atoms with E-state index in [4.69, 9.17) is 0 Å². The second-order valence-electron chi connectivity index (χ2n) is 8.56. The van der Waals surface area contributed by atoms with Crippen molar-refractivity contribution in [3.05, 3.63) is 64.6 Å². The van der Waals surface area contributed by atoms with Crippen LogP contribution in [0.1, 0.15) is 31.2 Å². The molecule has 1 aliphatic rings. The van der Waals surface area contributed by atoms with Crippen LogP contribution in [0.15, 0.2) is 58.4 Å². The lowest BCUT2D eigenvalue weighted by molar-refractivity contribution is -0.143. The first kappa shape index (κ1) is 20.5. The first-order valence-corrected chi connectivity index (χ1v) is 12.3. The molecule has 1 saturated carbocycles. The van der Waals surface area contributed by atoms with Crippen LogP contribution >= 0.6 is 0 Å². The zero-order valence-corrected chi connectivity index (χ0v) is 18.3. The predicted molar refractivity (Wildman–Crippen MR) is 123 cm³/mol. The SMILES string of the molecule is CS(=O)(=O)c1cccc(-c2ccc3[nH]c(=O)c4[nH]cc(C5(C(=O)O)CCCC5)c4c3c2)c1. The number of H-pyrrole nitrogens is 2. The van der Waals surface area contributed by atoms with Gasteiger partial charge in [0.05, 0.1) is 10.3 Å². The molecule has 0 amide bonds. The average Bonchev–Trinajstić information content (AvgIpc) is 3.42.